The summed E-state index contributed by atoms with van der Waals surface area (Å²) in [6.45, 7) is 4.66. The van der Waals surface area contributed by atoms with Crippen LogP contribution in [-0.4, -0.2) is 6.61 Å². The highest BCUT2D eigenvalue weighted by Crippen LogP contribution is 2.37. The van der Waals surface area contributed by atoms with Crippen molar-refractivity contribution in [3.05, 3.63) is 58.9 Å². The van der Waals surface area contributed by atoms with Crippen LogP contribution in [-0.2, 0) is 6.42 Å². The summed E-state index contributed by atoms with van der Waals surface area (Å²) in [5, 5.41) is 3.51. The fraction of sp³-hybridized carbons (Fsp3) is 0.333. The van der Waals surface area contributed by atoms with E-state index >= 15 is 0 Å². The third-order valence-corrected chi connectivity index (χ3v) is 3.98. The first-order valence-electron chi connectivity index (χ1n) is 7.46. The first-order chi connectivity index (χ1) is 10.2. The normalized spacial score (nSPS) is 16.6. The van der Waals surface area contributed by atoms with Crippen molar-refractivity contribution in [2.45, 2.75) is 32.7 Å². The molecule has 1 unspecified atom stereocenters. The third kappa shape index (κ3) is 2.73. The third-order valence-electron chi connectivity index (χ3n) is 3.98. The van der Waals surface area contributed by atoms with E-state index in [1.165, 1.54) is 5.56 Å². The number of hydrogen-bond donors (Lipinski definition) is 1. The molecule has 0 heterocycles. The van der Waals surface area contributed by atoms with E-state index in [-0.39, 0.29) is 11.9 Å². The molecule has 0 radical (unpaired) electrons. The maximum Gasteiger partial charge on any atom is 0.142 e. The predicted octanol–water partition coefficient (Wildman–Crippen LogP) is 4.63. The van der Waals surface area contributed by atoms with E-state index in [9.17, 15) is 4.39 Å². The molecule has 21 heavy (non-hydrogen) atoms. The fourth-order valence-corrected chi connectivity index (χ4v) is 2.97. The zero-order chi connectivity index (χ0) is 14.8. The molecule has 0 saturated heterocycles. The van der Waals surface area contributed by atoms with E-state index in [1.807, 2.05) is 32.0 Å². The van der Waals surface area contributed by atoms with Crippen molar-refractivity contribution in [3.63, 3.8) is 0 Å². The summed E-state index contributed by atoms with van der Waals surface area (Å²) in [4.78, 5) is 0. The zero-order valence-corrected chi connectivity index (χ0v) is 12.4. The van der Waals surface area contributed by atoms with Gasteiger partial charge in [-0.25, -0.2) is 4.39 Å². The maximum absolute atomic E-state index is 13.8. The topological polar surface area (TPSA) is 21.3 Å². The summed E-state index contributed by atoms with van der Waals surface area (Å²) in [5.41, 5.74) is 4.06. The molecule has 1 atom stereocenters. The second-order valence-corrected chi connectivity index (χ2v) is 5.48. The Morgan fingerprint density at radius 3 is 2.95 bits per heavy atom. The first kappa shape index (κ1) is 13.9. The van der Waals surface area contributed by atoms with Gasteiger partial charge in [0.15, 0.2) is 0 Å². The van der Waals surface area contributed by atoms with Crippen molar-refractivity contribution >= 4 is 5.69 Å². The minimum absolute atomic E-state index is 0.0919. The molecule has 0 saturated carbocycles. The van der Waals surface area contributed by atoms with Crippen molar-refractivity contribution in [1.29, 1.82) is 0 Å². The molecule has 2 aromatic carbocycles. The summed E-state index contributed by atoms with van der Waals surface area (Å²) >= 11 is 0. The summed E-state index contributed by atoms with van der Waals surface area (Å²) < 4.78 is 19.5. The zero-order valence-electron chi connectivity index (χ0n) is 12.4. The highest BCUT2D eigenvalue weighted by molar-refractivity contribution is 5.59. The number of aryl methyl sites for hydroxylation is 1. The molecule has 3 heteroatoms. The van der Waals surface area contributed by atoms with E-state index in [0.717, 1.165) is 35.4 Å². The Hall–Kier alpha value is -2.03. The van der Waals surface area contributed by atoms with Gasteiger partial charge in [-0.15, -0.1) is 0 Å². The number of benzene rings is 2. The van der Waals surface area contributed by atoms with Gasteiger partial charge >= 0.3 is 0 Å². The largest absolute Gasteiger partial charge is 0.492 e. The van der Waals surface area contributed by atoms with Gasteiger partial charge in [-0.2, -0.15) is 0 Å². The lowest BCUT2D eigenvalue weighted by atomic mass is 10.1. The molecule has 2 aromatic rings. The van der Waals surface area contributed by atoms with Crippen molar-refractivity contribution < 1.29 is 9.13 Å². The van der Waals surface area contributed by atoms with Gasteiger partial charge in [0.2, 0.25) is 0 Å². The predicted molar refractivity (Wildman–Crippen MR) is 83.4 cm³/mol. The SMILES string of the molecule is CCOc1cc(C)ccc1NC1CCc2c(F)cccc21. The smallest absolute Gasteiger partial charge is 0.142 e. The molecule has 0 fully saturated rings. The molecule has 1 N–H and O–H groups in total. The van der Waals surface area contributed by atoms with Crippen LogP contribution in [0.5, 0.6) is 5.75 Å². The molecule has 1 aliphatic rings. The van der Waals surface area contributed by atoms with E-state index in [1.54, 1.807) is 12.1 Å². The lowest BCUT2D eigenvalue weighted by Crippen LogP contribution is -2.09. The summed E-state index contributed by atoms with van der Waals surface area (Å²) in [5.74, 6) is 0.771. The van der Waals surface area contributed by atoms with Gasteiger partial charge in [0, 0.05) is 0 Å². The van der Waals surface area contributed by atoms with Crippen LogP contribution in [0.4, 0.5) is 10.1 Å². The van der Waals surface area contributed by atoms with Crippen LogP contribution < -0.4 is 10.1 Å². The number of rotatable bonds is 4. The Morgan fingerprint density at radius 1 is 1.29 bits per heavy atom. The Balaban J connectivity index is 1.88. The summed E-state index contributed by atoms with van der Waals surface area (Å²) in [6.07, 6.45) is 1.70. The molecular formula is C18H20FNO. The fourth-order valence-electron chi connectivity index (χ4n) is 2.97. The Morgan fingerprint density at radius 2 is 2.14 bits per heavy atom. The van der Waals surface area contributed by atoms with Gasteiger partial charge in [-0.1, -0.05) is 18.2 Å². The molecule has 0 spiro atoms. The van der Waals surface area contributed by atoms with Crippen LogP contribution in [0.1, 0.15) is 36.1 Å². The standard InChI is InChI=1S/C18H20FNO/c1-3-21-18-11-12(2)7-9-17(18)20-16-10-8-13-14(16)5-4-6-15(13)19/h4-7,9,11,16,20H,3,8,10H2,1-2H3. The second-order valence-electron chi connectivity index (χ2n) is 5.48. The van der Waals surface area contributed by atoms with Gasteiger partial charge in [-0.3, -0.25) is 0 Å². The average Bonchev–Trinajstić information content (AvgIpc) is 2.87. The van der Waals surface area contributed by atoms with E-state index < -0.39 is 0 Å². The summed E-state index contributed by atoms with van der Waals surface area (Å²) in [6, 6.07) is 11.6. The van der Waals surface area contributed by atoms with Crippen molar-refractivity contribution in [2.24, 2.45) is 0 Å². The molecule has 2 nitrogen and oxygen atoms in total. The van der Waals surface area contributed by atoms with Gasteiger partial charge in [0.1, 0.15) is 11.6 Å². The number of nitrogens with one attached hydrogen (secondary N) is 1. The first-order valence-corrected chi connectivity index (χ1v) is 7.46. The highest BCUT2D eigenvalue weighted by atomic mass is 19.1. The van der Waals surface area contributed by atoms with Crippen molar-refractivity contribution in [1.82, 2.24) is 0 Å². The molecule has 1 aliphatic carbocycles. The van der Waals surface area contributed by atoms with Crippen LogP contribution >= 0.6 is 0 Å². The van der Waals surface area contributed by atoms with Crippen LogP contribution in [0.25, 0.3) is 0 Å². The minimum atomic E-state index is -0.0919. The molecule has 0 bridgehead atoms. The quantitative estimate of drug-likeness (QED) is 0.884. The van der Waals surface area contributed by atoms with Gasteiger partial charge in [0.25, 0.3) is 0 Å². The number of ether oxygens (including phenoxy) is 1. The number of hydrogen-bond acceptors (Lipinski definition) is 2. The van der Waals surface area contributed by atoms with E-state index in [0.29, 0.717) is 6.61 Å². The van der Waals surface area contributed by atoms with Crippen LogP contribution in [0.3, 0.4) is 0 Å². The average molecular weight is 285 g/mol. The van der Waals surface area contributed by atoms with Crippen LogP contribution in [0, 0.1) is 12.7 Å². The number of halogens is 1. The lowest BCUT2D eigenvalue weighted by molar-refractivity contribution is 0.341. The Kier molecular flexibility index (Phi) is 3.82. The number of anilines is 1. The molecule has 0 aromatic heterocycles. The van der Waals surface area contributed by atoms with E-state index in [2.05, 4.69) is 11.4 Å². The Labute approximate surface area is 125 Å². The van der Waals surface area contributed by atoms with Crippen molar-refractivity contribution in [2.75, 3.05) is 11.9 Å². The molecular weight excluding hydrogens is 265 g/mol. The highest BCUT2D eigenvalue weighted by Gasteiger charge is 2.25. The Bertz CT molecular complexity index is 654. The lowest BCUT2D eigenvalue weighted by Gasteiger charge is -2.19. The van der Waals surface area contributed by atoms with E-state index in [4.69, 9.17) is 4.74 Å². The van der Waals surface area contributed by atoms with Gasteiger partial charge < -0.3 is 10.1 Å². The molecule has 3 rings (SSSR count). The molecule has 110 valence electrons. The van der Waals surface area contributed by atoms with Gasteiger partial charge in [-0.05, 0) is 61.6 Å². The van der Waals surface area contributed by atoms with Crippen LogP contribution in [0.2, 0.25) is 0 Å². The van der Waals surface area contributed by atoms with Crippen LogP contribution in [0.15, 0.2) is 36.4 Å². The summed E-state index contributed by atoms with van der Waals surface area (Å²) in [7, 11) is 0. The monoisotopic (exact) mass is 285 g/mol. The molecule has 0 amide bonds. The second kappa shape index (κ2) is 5.76. The number of fused-ring (bicyclic) bond motifs is 1. The maximum atomic E-state index is 13.8. The minimum Gasteiger partial charge on any atom is -0.492 e. The molecule has 0 aliphatic heterocycles. The van der Waals surface area contributed by atoms with Gasteiger partial charge in [0.05, 0.1) is 18.3 Å². The van der Waals surface area contributed by atoms with Crippen molar-refractivity contribution in [3.8, 4) is 5.75 Å².